The molecule has 2 fully saturated rings. The first-order valence-corrected chi connectivity index (χ1v) is 12.7. The highest BCUT2D eigenvalue weighted by Crippen LogP contribution is 2.30. The van der Waals surface area contributed by atoms with E-state index in [1.807, 2.05) is 24.3 Å². The van der Waals surface area contributed by atoms with Crippen molar-refractivity contribution in [1.82, 2.24) is 4.31 Å². The predicted octanol–water partition coefficient (Wildman–Crippen LogP) is 3.97. The van der Waals surface area contributed by atoms with Crippen molar-refractivity contribution in [3.63, 3.8) is 0 Å². The van der Waals surface area contributed by atoms with Crippen LogP contribution in [0.15, 0.2) is 47.4 Å². The molecule has 0 aromatic heterocycles. The summed E-state index contributed by atoms with van der Waals surface area (Å²) < 4.78 is 32.9. The number of sulfonamides is 1. The van der Waals surface area contributed by atoms with Crippen LogP contribution < -0.4 is 15.0 Å². The van der Waals surface area contributed by atoms with Gasteiger partial charge in [0.2, 0.25) is 10.0 Å². The second kappa shape index (κ2) is 9.50. The van der Waals surface area contributed by atoms with Gasteiger partial charge in [-0.05, 0) is 74.1 Å². The van der Waals surface area contributed by atoms with Gasteiger partial charge in [0.15, 0.2) is 0 Å². The van der Waals surface area contributed by atoms with Gasteiger partial charge in [-0.2, -0.15) is 4.31 Å². The van der Waals surface area contributed by atoms with E-state index >= 15 is 0 Å². The second-order valence-corrected chi connectivity index (χ2v) is 10.6. The van der Waals surface area contributed by atoms with Crippen LogP contribution in [0.4, 0.5) is 11.4 Å². The average Bonchev–Trinajstić information content (AvgIpc) is 3.36. The molecule has 2 aliphatic rings. The van der Waals surface area contributed by atoms with E-state index in [2.05, 4.69) is 17.1 Å². The van der Waals surface area contributed by atoms with Gasteiger partial charge in [0.25, 0.3) is 5.91 Å². The van der Waals surface area contributed by atoms with E-state index in [4.69, 9.17) is 4.74 Å². The fourth-order valence-electron chi connectivity index (χ4n) is 4.31. The lowest BCUT2D eigenvalue weighted by atomic mass is 9.99. The zero-order valence-corrected chi connectivity index (χ0v) is 19.5. The predicted molar refractivity (Wildman–Crippen MR) is 126 cm³/mol. The normalized spacial score (nSPS) is 18.0. The third-order valence-electron chi connectivity index (χ3n) is 6.38. The van der Waals surface area contributed by atoms with Crippen LogP contribution in [0.25, 0.3) is 0 Å². The minimum absolute atomic E-state index is 0.0317. The maximum absolute atomic E-state index is 13.1. The highest BCUT2D eigenvalue weighted by atomic mass is 32.2. The Morgan fingerprint density at radius 2 is 1.66 bits per heavy atom. The molecule has 32 heavy (non-hydrogen) atoms. The summed E-state index contributed by atoms with van der Waals surface area (Å²) in [6, 6.07) is 12.3. The van der Waals surface area contributed by atoms with Crippen molar-refractivity contribution in [1.29, 1.82) is 0 Å². The summed E-state index contributed by atoms with van der Waals surface area (Å²) in [7, 11) is -2.28. The molecule has 0 unspecified atom stereocenters. The van der Waals surface area contributed by atoms with Gasteiger partial charge in [0.1, 0.15) is 10.6 Å². The topological polar surface area (TPSA) is 79.0 Å². The first-order chi connectivity index (χ1) is 15.4. The Balaban J connectivity index is 1.50. The molecule has 0 spiro atoms. The molecule has 2 aromatic rings. The molecule has 0 aliphatic carbocycles. The third-order valence-corrected chi connectivity index (χ3v) is 8.30. The molecule has 0 radical (unpaired) electrons. The molecule has 2 aromatic carbocycles. The van der Waals surface area contributed by atoms with E-state index in [1.54, 1.807) is 6.07 Å². The molecule has 0 saturated carbocycles. The maximum atomic E-state index is 13.1. The summed E-state index contributed by atoms with van der Waals surface area (Å²) in [5.41, 5.74) is 2.10. The summed E-state index contributed by atoms with van der Waals surface area (Å²) in [5.74, 6) is 0.659. The highest BCUT2D eigenvalue weighted by molar-refractivity contribution is 7.89. The van der Waals surface area contributed by atoms with Crippen LogP contribution in [-0.4, -0.2) is 51.9 Å². The van der Waals surface area contributed by atoms with Crippen molar-refractivity contribution >= 4 is 27.3 Å². The fraction of sp³-hybridized carbons (Fsp3) is 0.458. The van der Waals surface area contributed by atoms with Gasteiger partial charge in [0.05, 0.1) is 7.11 Å². The number of ether oxygens (including phenoxy) is 1. The lowest BCUT2D eigenvalue weighted by Gasteiger charge is -2.32. The number of hydrogen-bond acceptors (Lipinski definition) is 5. The summed E-state index contributed by atoms with van der Waals surface area (Å²) in [6.45, 7) is 5.37. The van der Waals surface area contributed by atoms with Crippen molar-refractivity contribution in [2.75, 3.05) is 43.5 Å². The van der Waals surface area contributed by atoms with Gasteiger partial charge < -0.3 is 15.0 Å². The Kier molecular flexibility index (Phi) is 6.71. The Labute approximate surface area is 190 Å². The fourth-order valence-corrected chi connectivity index (χ4v) is 6.01. The van der Waals surface area contributed by atoms with Crippen molar-refractivity contribution < 1.29 is 17.9 Å². The number of piperidine rings is 1. The van der Waals surface area contributed by atoms with Crippen LogP contribution >= 0.6 is 0 Å². The number of benzene rings is 2. The number of methoxy groups -OCH3 is 1. The third kappa shape index (κ3) is 4.76. The standard InChI is InChI=1S/C24H31N3O4S/c1-18-11-15-26(16-12-18)21-8-6-20(7-9-21)25-24(28)19-5-10-22(31-2)23(17-19)32(29,30)27-13-3-4-14-27/h5-10,17-18H,3-4,11-16H2,1-2H3,(H,25,28). The molecule has 0 atom stereocenters. The molecule has 4 rings (SSSR count). The molecular weight excluding hydrogens is 426 g/mol. The molecule has 7 nitrogen and oxygen atoms in total. The lowest BCUT2D eigenvalue weighted by molar-refractivity contribution is 0.102. The Bertz CT molecular complexity index is 1060. The number of nitrogens with zero attached hydrogens (tertiary/aromatic N) is 2. The number of carbonyl (C=O) groups excluding carboxylic acids is 1. The zero-order chi connectivity index (χ0) is 22.7. The molecular formula is C24H31N3O4S. The Hall–Kier alpha value is -2.58. The zero-order valence-electron chi connectivity index (χ0n) is 18.7. The van der Waals surface area contributed by atoms with Crippen molar-refractivity contribution in [2.24, 2.45) is 5.92 Å². The van der Waals surface area contributed by atoms with Gasteiger partial charge in [0, 0.05) is 43.1 Å². The monoisotopic (exact) mass is 457 g/mol. The van der Waals surface area contributed by atoms with Crippen molar-refractivity contribution in [3.8, 4) is 5.75 Å². The van der Waals surface area contributed by atoms with Gasteiger partial charge in [-0.25, -0.2) is 8.42 Å². The van der Waals surface area contributed by atoms with Crippen molar-refractivity contribution in [3.05, 3.63) is 48.0 Å². The van der Waals surface area contributed by atoms with E-state index in [-0.39, 0.29) is 22.1 Å². The number of rotatable bonds is 6. The number of amides is 1. The average molecular weight is 458 g/mol. The van der Waals surface area contributed by atoms with Crippen LogP contribution in [0.5, 0.6) is 5.75 Å². The van der Waals surface area contributed by atoms with E-state index < -0.39 is 10.0 Å². The van der Waals surface area contributed by atoms with E-state index in [0.717, 1.165) is 37.5 Å². The Morgan fingerprint density at radius 1 is 1.00 bits per heavy atom. The quantitative estimate of drug-likeness (QED) is 0.710. The molecule has 172 valence electrons. The van der Waals surface area contributed by atoms with Crippen LogP contribution in [-0.2, 0) is 10.0 Å². The van der Waals surface area contributed by atoms with Crippen LogP contribution in [0.3, 0.4) is 0 Å². The van der Waals surface area contributed by atoms with Gasteiger partial charge in [-0.1, -0.05) is 6.92 Å². The van der Waals surface area contributed by atoms with E-state index in [0.29, 0.717) is 18.8 Å². The minimum Gasteiger partial charge on any atom is -0.495 e. The molecule has 0 bridgehead atoms. The SMILES string of the molecule is COc1ccc(C(=O)Nc2ccc(N3CCC(C)CC3)cc2)cc1S(=O)(=O)N1CCCC1. The maximum Gasteiger partial charge on any atom is 0.255 e. The van der Waals surface area contributed by atoms with Gasteiger partial charge in [-0.3, -0.25) is 4.79 Å². The first-order valence-electron chi connectivity index (χ1n) is 11.2. The molecule has 1 amide bonds. The number of carbonyl (C=O) groups is 1. The summed E-state index contributed by atoms with van der Waals surface area (Å²) in [6.07, 6.45) is 4.07. The van der Waals surface area contributed by atoms with Crippen LogP contribution in [0.1, 0.15) is 43.0 Å². The first kappa shape index (κ1) is 22.6. The van der Waals surface area contributed by atoms with Crippen molar-refractivity contribution in [2.45, 2.75) is 37.5 Å². The number of hydrogen-bond donors (Lipinski definition) is 1. The van der Waals surface area contributed by atoms with E-state index in [9.17, 15) is 13.2 Å². The molecule has 2 aliphatic heterocycles. The van der Waals surface area contributed by atoms with Crippen LogP contribution in [0, 0.1) is 5.92 Å². The summed E-state index contributed by atoms with van der Waals surface area (Å²) in [5, 5.41) is 2.87. The molecule has 8 heteroatoms. The highest BCUT2D eigenvalue weighted by Gasteiger charge is 2.30. The molecule has 1 N–H and O–H groups in total. The summed E-state index contributed by atoms with van der Waals surface area (Å²) in [4.78, 5) is 15.3. The van der Waals surface area contributed by atoms with E-state index in [1.165, 1.54) is 36.4 Å². The molecule has 2 saturated heterocycles. The van der Waals surface area contributed by atoms with Gasteiger partial charge >= 0.3 is 0 Å². The smallest absolute Gasteiger partial charge is 0.255 e. The second-order valence-electron chi connectivity index (χ2n) is 8.65. The van der Waals surface area contributed by atoms with Crippen LogP contribution in [0.2, 0.25) is 0 Å². The lowest BCUT2D eigenvalue weighted by Crippen LogP contribution is -2.32. The summed E-state index contributed by atoms with van der Waals surface area (Å²) >= 11 is 0. The largest absolute Gasteiger partial charge is 0.495 e. The minimum atomic E-state index is -3.71. The number of anilines is 2. The number of nitrogens with one attached hydrogen (secondary N) is 1. The molecule has 2 heterocycles. The van der Waals surface area contributed by atoms with Gasteiger partial charge in [-0.15, -0.1) is 0 Å². The Morgan fingerprint density at radius 3 is 2.28 bits per heavy atom.